The standard InChI is InChI=1S/C6H13NO3S/c1-6(9)7-11(2,10)5-3-4-8/h8H,3-5H2,1-2H3. The van der Waals surface area contributed by atoms with Gasteiger partial charge in [0, 0.05) is 25.5 Å². The Morgan fingerprint density at radius 3 is 2.55 bits per heavy atom. The third kappa shape index (κ3) is 6.00. The first-order valence-corrected chi connectivity index (χ1v) is 5.38. The Labute approximate surface area is 66.8 Å². The molecule has 1 N–H and O–H groups in total. The zero-order valence-electron chi connectivity index (χ0n) is 6.74. The van der Waals surface area contributed by atoms with E-state index < -0.39 is 15.6 Å². The summed E-state index contributed by atoms with van der Waals surface area (Å²) in [5.41, 5.74) is 0. The zero-order chi connectivity index (χ0) is 8.91. The first kappa shape index (κ1) is 10.6. The summed E-state index contributed by atoms with van der Waals surface area (Å²) in [5, 5.41) is 8.41. The maximum atomic E-state index is 11.3. The van der Waals surface area contributed by atoms with E-state index in [1.807, 2.05) is 0 Å². The van der Waals surface area contributed by atoms with Crippen LogP contribution in [0.5, 0.6) is 0 Å². The van der Waals surface area contributed by atoms with Gasteiger partial charge in [-0.25, -0.2) is 4.21 Å². The molecule has 4 nitrogen and oxygen atoms in total. The molecular weight excluding hydrogens is 166 g/mol. The lowest BCUT2D eigenvalue weighted by atomic mass is 10.5. The van der Waals surface area contributed by atoms with Gasteiger partial charge in [0.1, 0.15) is 0 Å². The first-order valence-electron chi connectivity index (χ1n) is 3.29. The van der Waals surface area contributed by atoms with Crippen LogP contribution in [0.1, 0.15) is 13.3 Å². The molecule has 0 spiro atoms. The third-order valence-electron chi connectivity index (χ3n) is 1.00. The average molecular weight is 179 g/mol. The minimum absolute atomic E-state index is 0.0156. The van der Waals surface area contributed by atoms with Crippen LogP contribution in [0.15, 0.2) is 4.36 Å². The second-order valence-electron chi connectivity index (χ2n) is 2.35. The second kappa shape index (κ2) is 4.46. The third-order valence-corrected chi connectivity index (χ3v) is 2.69. The SMILES string of the molecule is CC(=O)N=S(C)(=O)CCCO. The van der Waals surface area contributed by atoms with Crippen LogP contribution in [0.3, 0.4) is 0 Å². The highest BCUT2D eigenvalue weighted by atomic mass is 32.2. The van der Waals surface area contributed by atoms with Gasteiger partial charge in [-0.15, -0.1) is 0 Å². The summed E-state index contributed by atoms with van der Waals surface area (Å²) in [5.74, 6) is -0.140. The number of amides is 1. The van der Waals surface area contributed by atoms with Crippen LogP contribution in [0, 0.1) is 0 Å². The fraction of sp³-hybridized carbons (Fsp3) is 0.833. The van der Waals surface area contributed by atoms with Gasteiger partial charge in [0.05, 0.1) is 9.73 Å². The molecule has 0 aromatic carbocycles. The van der Waals surface area contributed by atoms with Crippen molar-refractivity contribution >= 4 is 15.6 Å². The monoisotopic (exact) mass is 179 g/mol. The quantitative estimate of drug-likeness (QED) is 0.663. The number of carbonyl (C=O) groups is 1. The van der Waals surface area contributed by atoms with Crippen LogP contribution in [0.4, 0.5) is 0 Å². The van der Waals surface area contributed by atoms with Gasteiger partial charge >= 0.3 is 0 Å². The Morgan fingerprint density at radius 1 is 1.64 bits per heavy atom. The lowest BCUT2D eigenvalue weighted by molar-refractivity contribution is -0.115. The van der Waals surface area contributed by atoms with E-state index in [1.165, 1.54) is 13.2 Å². The van der Waals surface area contributed by atoms with Crippen LogP contribution in [-0.4, -0.2) is 33.8 Å². The van der Waals surface area contributed by atoms with Gasteiger partial charge in [-0.1, -0.05) is 0 Å². The van der Waals surface area contributed by atoms with Crippen molar-refractivity contribution in [2.45, 2.75) is 13.3 Å². The summed E-state index contributed by atoms with van der Waals surface area (Å²) >= 11 is 0. The molecule has 5 heteroatoms. The zero-order valence-corrected chi connectivity index (χ0v) is 7.56. The minimum atomic E-state index is -2.38. The van der Waals surface area contributed by atoms with Crippen molar-refractivity contribution in [1.82, 2.24) is 0 Å². The molecule has 0 rings (SSSR count). The fourth-order valence-electron chi connectivity index (χ4n) is 0.650. The minimum Gasteiger partial charge on any atom is -0.396 e. The average Bonchev–Trinajstić information content (AvgIpc) is 1.81. The predicted octanol–water partition coefficient (Wildman–Crippen LogP) is 0.0131. The summed E-state index contributed by atoms with van der Waals surface area (Å²) in [6, 6.07) is 0. The molecule has 0 aromatic heterocycles. The number of nitrogens with zero attached hydrogens (tertiary/aromatic N) is 1. The lowest BCUT2D eigenvalue weighted by Gasteiger charge is -1.99. The molecule has 1 unspecified atom stereocenters. The number of rotatable bonds is 3. The predicted molar refractivity (Wildman–Crippen MR) is 43.7 cm³/mol. The van der Waals surface area contributed by atoms with Crippen molar-refractivity contribution in [2.75, 3.05) is 18.6 Å². The van der Waals surface area contributed by atoms with E-state index in [2.05, 4.69) is 4.36 Å². The van der Waals surface area contributed by atoms with Gasteiger partial charge in [-0.05, 0) is 6.42 Å². The summed E-state index contributed by atoms with van der Waals surface area (Å²) in [4.78, 5) is 10.4. The van der Waals surface area contributed by atoms with E-state index in [9.17, 15) is 9.00 Å². The Kier molecular flexibility index (Phi) is 4.29. The highest BCUT2D eigenvalue weighted by Crippen LogP contribution is 1.94. The molecule has 0 saturated carbocycles. The van der Waals surface area contributed by atoms with Crippen molar-refractivity contribution in [3.8, 4) is 0 Å². The van der Waals surface area contributed by atoms with Crippen LogP contribution in [0.2, 0.25) is 0 Å². The molecule has 0 aliphatic rings. The molecule has 0 fully saturated rings. The second-order valence-corrected chi connectivity index (χ2v) is 4.86. The Hall–Kier alpha value is -0.420. The summed E-state index contributed by atoms with van der Waals surface area (Å²) in [7, 11) is -2.38. The topological polar surface area (TPSA) is 66.7 Å². The Balaban J connectivity index is 4.22. The van der Waals surface area contributed by atoms with Gasteiger partial charge in [-0.2, -0.15) is 4.36 Å². The molecule has 0 heterocycles. The summed E-state index contributed by atoms with van der Waals surface area (Å²) in [6.07, 6.45) is 1.84. The van der Waals surface area contributed by atoms with Crippen molar-refractivity contribution in [3.63, 3.8) is 0 Å². The van der Waals surface area contributed by atoms with Crippen molar-refractivity contribution in [1.29, 1.82) is 0 Å². The molecule has 1 amide bonds. The number of aliphatic hydroxyl groups is 1. The van der Waals surface area contributed by atoms with Crippen LogP contribution in [-0.2, 0) is 14.5 Å². The summed E-state index contributed by atoms with van der Waals surface area (Å²) < 4.78 is 14.7. The normalized spacial score (nSPS) is 15.5. The van der Waals surface area contributed by atoms with Gasteiger partial charge < -0.3 is 5.11 Å². The van der Waals surface area contributed by atoms with E-state index >= 15 is 0 Å². The van der Waals surface area contributed by atoms with Gasteiger partial charge in [0.25, 0.3) is 5.91 Å². The Bertz CT molecular complexity index is 240. The van der Waals surface area contributed by atoms with Crippen molar-refractivity contribution in [3.05, 3.63) is 0 Å². The number of carbonyl (C=O) groups excluding carboxylic acids is 1. The molecule has 0 saturated heterocycles. The first-order chi connectivity index (χ1) is 4.98. The van der Waals surface area contributed by atoms with Crippen molar-refractivity contribution in [2.24, 2.45) is 4.36 Å². The van der Waals surface area contributed by atoms with Gasteiger partial charge in [0.2, 0.25) is 0 Å². The molecular formula is C6H13NO3S. The number of hydrogen-bond donors (Lipinski definition) is 1. The van der Waals surface area contributed by atoms with Gasteiger partial charge in [0.15, 0.2) is 0 Å². The molecule has 0 radical (unpaired) electrons. The maximum Gasteiger partial charge on any atom is 0.250 e. The molecule has 0 aliphatic carbocycles. The highest BCUT2D eigenvalue weighted by Gasteiger charge is 2.01. The smallest absolute Gasteiger partial charge is 0.250 e. The van der Waals surface area contributed by atoms with E-state index in [4.69, 9.17) is 5.11 Å². The van der Waals surface area contributed by atoms with Crippen LogP contribution >= 0.6 is 0 Å². The molecule has 1 atom stereocenters. The fourth-order valence-corrected chi connectivity index (χ4v) is 1.95. The largest absolute Gasteiger partial charge is 0.396 e. The van der Waals surface area contributed by atoms with E-state index in [0.717, 1.165) is 0 Å². The van der Waals surface area contributed by atoms with E-state index in [0.29, 0.717) is 6.42 Å². The highest BCUT2D eigenvalue weighted by molar-refractivity contribution is 7.93. The van der Waals surface area contributed by atoms with Crippen LogP contribution in [0.25, 0.3) is 0 Å². The van der Waals surface area contributed by atoms with Gasteiger partial charge in [-0.3, -0.25) is 4.79 Å². The van der Waals surface area contributed by atoms with E-state index in [-0.39, 0.29) is 12.4 Å². The van der Waals surface area contributed by atoms with Crippen molar-refractivity contribution < 1.29 is 14.1 Å². The molecule has 0 aromatic rings. The Morgan fingerprint density at radius 2 is 2.18 bits per heavy atom. The molecule has 0 aliphatic heterocycles. The van der Waals surface area contributed by atoms with Crippen LogP contribution < -0.4 is 0 Å². The lowest BCUT2D eigenvalue weighted by Crippen LogP contribution is -2.06. The molecule has 0 bridgehead atoms. The number of hydrogen-bond acceptors (Lipinski definition) is 3. The molecule has 66 valence electrons. The summed E-state index contributed by atoms with van der Waals surface area (Å²) in [6.45, 7) is 1.25. The number of aliphatic hydroxyl groups excluding tert-OH is 1. The molecule has 11 heavy (non-hydrogen) atoms. The van der Waals surface area contributed by atoms with E-state index in [1.54, 1.807) is 0 Å². The maximum absolute atomic E-state index is 11.3.